The zero-order valence-electron chi connectivity index (χ0n) is 19.2. The van der Waals surface area contributed by atoms with Crippen molar-refractivity contribution in [1.29, 1.82) is 0 Å². The fraction of sp³-hybridized carbons (Fsp3) is 0.462. The summed E-state index contributed by atoms with van der Waals surface area (Å²) < 4.78 is 16.8. The lowest BCUT2D eigenvalue weighted by Crippen LogP contribution is -2.52. The Balaban J connectivity index is 1.53. The molecule has 0 bridgehead atoms. The van der Waals surface area contributed by atoms with Crippen molar-refractivity contribution in [3.63, 3.8) is 0 Å². The number of likely N-dealkylation sites (tertiary alicyclic amines) is 1. The molecule has 0 aromatic heterocycles. The Kier molecular flexibility index (Phi) is 7.50. The third-order valence-corrected chi connectivity index (χ3v) is 6.44. The van der Waals surface area contributed by atoms with Crippen LogP contribution in [0, 0.1) is 5.41 Å². The zero-order chi connectivity index (χ0) is 23.1. The molecule has 2 fully saturated rings. The summed E-state index contributed by atoms with van der Waals surface area (Å²) >= 11 is 0. The van der Waals surface area contributed by atoms with Crippen LogP contribution in [0.5, 0.6) is 11.5 Å². The number of para-hydroxylation sites is 1. The molecular formula is C26H32N2O5. The van der Waals surface area contributed by atoms with Crippen LogP contribution in [0.25, 0.3) is 0 Å². The van der Waals surface area contributed by atoms with Gasteiger partial charge in [-0.3, -0.25) is 9.59 Å². The van der Waals surface area contributed by atoms with Crippen molar-refractivity contribution < 1.29 is 23.8 Å². The number of amides is 2. The molecule has 7 heteroatoms. The number of hydrogen-bond acceptors (Lipinski definition) is 5. The van der Waals surface area contributed by atoms with Crippen LogP contribution in [-0.2, 0) is 9.53 Å². The molecule has 2 aromatic carbocycles. The molecule has 0 saturated carbocycles. The smallest absolute Gasteiger partial charge is 0.254 e. The fourth-order valence-corrected chi connectivity index (χ4v) is 4.63. The second kappa shape index (κ2) is 10.7. The van der Waals surface area contributed by atoms with Gasteiger partial charge in [-0.05, 0) is 43.2 Å². The van der Waals surface area contributed by atoms with Crippen molar-refractivity contribution in [1.82, 2.24) is 9.80 Å². The zero-order valence-corrected chi connectivity index (χ0v) is 19.2. The Morgan fingerprint density at radius 2 is 1.73 bits per heavy atom. The van der Waals surface area contributed by atoms with Crippen LogP contribution in [0.4, 0.5) is 0 Å². The minimum absolute atomic E-state index is 0.0449. The third-order valence-electron chi connectivity index (χ3n) is 6.44. The highest BCUT2D eigenvalue weighted by atomic mass is 16.5. The molecule has 2 heterocycles. The Bertz CT molecular complexity index is 945. The van der Waals surface area contributed by atoms with Gasteiger partial charge in [-0.25, -0.2) is 0 Å². The molecule has 33 heavy (non-hydrogen) atoms. The predicted molar refractivity (Wildman–Crippen MR) is 125 cm³/mol. The first-order valence-electron chi connectivity index (χ1n) is 11.6. The highest BCUT2D eigenvalue weighted by molar-refractivity contribution is 5.94. The van der Waals surface area contributed by atoms with Crippen LogP contribution in [0.3, 0.4) is 0 Å². The second-order valence-electron chi connectivity index (χ2n) is 8.83. The molecule has 2 aliphatic heterocycles. The van der Waals surface area contributed by atoms with Crippen LogP contribution in [0.1, 0.15) is 29.6 Å². The molecule has 2 aliphatic rings. The standard InChI is InChI=1S/C26H32N2O5/c1-31-23-10-5-7-21(17-23)25(30)28-12-6-11-26(19-28,20-33-22-8-3-2-4-9-22)18-24(29)27-13-15-32-16-14-27/h2-5,7-10,17H,6,11-16,18-20H2,1H3. The Hall–Kier alpha value is -3.06. The topological polar surface area (TPSA) is 68.3 Å². The number of carbonyl (C=O) groups excluding carboxylic acids is 2. The number of morpholine rings is 1. The summed E-state index contributed by atoms with van der Waals surface area (Å²) in [5.41, 5.74) is 0.145. The monoisotopic (exact) mass is 452 g/mol. The van der Waals surface area contributed by atoms with Crippen molar-refractivity contribution >= 4 is 11.8 Å². The predicted octanol–water partition coefficient (Wildman–Crippen LogP) is 3.25. The van der Waals surface area contributed by atoms with Gasteiger partial charge >= 0.3 is 0 Å². The van der Waals surface area contributed by atoms with E-state index >= 15 is 0 Å². The van der Waals surface area contributed by atoms with E-state index in [1.807, 2.05) is 52.3 Å². The number of piperidine rings is 1. The summed E-state index contributed by atoms with van der Waals surface area (Å²) in [5, 5.41) is 0. The fourth-order valence-electron chi connectivity index (χ4n) is 4.63. The first-order valence-corrected chi connectivity index (χ1v) is 11.6. The maximum absolute atomic E-state index is 13.3. The maximum atomic E-state index is 13.3. The normalized spacial score (nSPS) is 20.9. The van der Waals surface area contributed by atoms with Gasteiger partial charge in [0.1, 0.15) is 11.5 Å². The molecule has 0 N–H and O–H groups in total. The van der Waals surface area contributed by atoms with Gasteiger partial charge < -0.3 is 24.0 Å². The highest BCUT2D eigenvalue weighted by Gasteiger charge is 2.41. The van der Waals surface area contributed by atoms with Crippen molar-refractivity contribution in [3.8, 4) is 11.5 Å². The van der Waals surface area contributed by atoms with Crippen LogP contribution in [-0.4, -0.2) is 74.7 Å². The second-order valence-corrected chi connectivity index (χ2v) is 8.83. The summed E-state index contributed by atoms with van der Waals surface area (Å²) in [6.07, 6.45) is 2.00. The van der Waals surface area contributed by atoms with Crippen LogP contribution in [0.2, 0.25) is 0 Å². The van der Waals surface area contributed by atoms with Gasteiger partial charge in [0, 0.05) is 43.6 Å². The summed E-state index contributed by atoms with van der Waals surface area (Å²) in [6.45, 7) is 3.89. The Morgan fingerprint density at radius 3 is 2.48 bits per heavy atom. The van der Waals surface area contributed by atoms with Gasteiger partial charge in [0.05, 0.1) is 26.9 Å². The minimum Gasteiger partial charge on any atom is -0.497 e. The molecule has 1 unspecified atom stereocenters. The lowest BCUT2D eigenvalue weighted by Gasteiger charge is -2.43. The van der Waals surface area contributed by atoms with E-state index in [0.29, 0.717) is 63.7 Å². The van der Waals surface area contributed by atoms with Gasteiger partial charge in [0.15, 0.2) is 0 Å². The Labute approximate surface area is 195 Å². The van der Waals surface area contributed by atoms with Gasteiger partial charge in [-0.15, -0.1) is 0 Å². The third kappa shape index (κ3) is 5.85. The number of rotatable bonds is 7. The molecule has 2 amide bonds. The number of nitrogens with zero attached hydrogens (tertiary/aromatic N) is 2. The van der Waals surface area contributed by atoms with E-state index in [2.05, 4.69) is 0 Å². The van der Waals surface area contributed by atoms with E-state index in [0.717, 1.165) is 18.6 Å². The summed E-state index contributed by atoms with van der Waals surface area (Å²) in [5.74, 6) is 1.48. The number of benzene rings is 2. The molecule has 2 saturated heterocycles. The Morgan fingerprint density at radius 1 is 0.970 bits per heavy atom. The van der Waals surface area contributed by atoms with Crippen molar-refractivity contribution in [2.45, 2.75) is 19.3 Å². The van der Waals surface area contributed by atoms with E-state index < -0.39 is 5.41 Å². The minimum atomic E-state index is -0.446. The van der Waals surface area contributed by atoms with Crippen molar-refractivity contribution in [2.24, 2.45) is 5.41 Å². The van der Waals surface area contributed by atoms with E-state index in [1.165, 1.54) is 0 Å². The lowest BCUT2D eigenvalue weighted by molar-refractivity contribution is -0.139. The van der Waals surface area contributed by atoms with E-state index in [9.17, 15) is 9.59 Å². The highest BCUT2D eigenvalue weighted by Crippen LogP contribution is 2.36. The molecule has 0 radical (unpaired) electrons. The van der Waals surface area contributed by atoms with Crippen molar-refractivity contribution in [3.05, 3.63) is 60.2 Å². The van der Waals surface area contributed by atoms with Gasteiger partial charge in [0.2, 0.25) is 5.91 Å². The average Bonchev–Trinajstić information content (AvgIpc) is 2.88. The lowest BCUT2D eigenvalue weighted by atomic mass is 9.77. The molecule has 1 atom stereocenters. The molecule has 4 rings (SSSR count). The first kappa shape index (κ1) is 23.1. The number of methoxy groups -OCH3 is 1. The molecule has 7 nitrogen and oxygen atoms in total. The van der Waals surface area contributed by atoms with E-state index in [1.54, 1.807) is 19.2 Å². The number of hydrogen-bond donors (Lipinski definition) is 0. The quantitative estimate of drug-likeness (QED) is 0.645. The first-order chi connectivity index (χ1) is 16.1. The van der Waals surface area contributed by atoms with Crippen LogP contribution in [0.15, 0.2) is 54.6 Å². The van der Waals surface area contributed by atoms with Crippen LogP contribution >= 0.6 is 0 Å². The van der Waals surface area contributed by atoms with E-state index in [-0.39, 0.29) is 11.8 Å². The van der Waals surface area contributed by atoms with Crippen molar-refractivity contribution in [2.75, 3.05) is 53.1 Å². The average molecular weight is 453 g/mol. The molecule has 0 aliphatic carbocycles. The number of ether oxygens (including phenoxy) is 3. The van der Waals surface area contributed by atoms with E-state index in [4.69, 9.17) is 14.2 Å². The SMILES string of the molecule is COc1cccc(C(=O)N2CCCC(COc3ccccc3)(CC(=O)N3CCOCC3)C2)c1. The van der Waals surface area contributed by atoms with Gasteiger partial charge in [-0.2, -0.15) is 0 Å². The summed E-state index contributed by atoms with van der Waals surface area (Å²) in [7, 11) is 1.59. The molecule has 176 valence electrons. The molecular weight excluding hydrogens is 420 g/mol. The summed E-state index contributed by atoms with van der Waals surface area (Å²) in [4.78, 5) is 30.3. The molecule has 0 spiro atoms. The largest absolute Gasteiger partial charge is 0.497 e. The molecule has 2 aromatic rings. The number of carbonyl (C=O) groups is 2. The van der Waals surface area contributed by atoms with Gasteiger partial charge in [-0.1, -0.05) is 24.3 Å². The maximum Gasteiger partial charge on any atom is 0.254 e. The summed E-state index contributed by atoms with van der Waals surface area (Å²) in [6, 6.07) is 16.9. The van der Waals surface area contributed by atoms with Gasteiger partial charge in [0.25, 0.3) is 5.91 Å². The van der Waals surface area contributed by atoms with Crippen LogP contribution < -0.4 is 9.47 Å².